The van der Waals surface area contributed by atoms with Crippen LogP contribution in [0.4, 0.5) is 0 Å². The van der Waals surface area contributed by atoms with Crippen LogP contribution in [0.2, 0.25) is 0 Å². The normalized spacial score (nSPS) is 18.2. The summed E-state index contributed by atoms with van der Waals surface area (Å²) in [6.07, 6.45) is 4.28. The molecule has 1 aromatic carbocycles. The van der Waals surface area contributed by atoms with Crippen LogP contribution in [0.5, 0.6) is 11.5 Å². The quantitative estimate of drug-likeness (QED) is 0.756. The van der Waals surface area contributed by atoms with E-state index in [4.69, 9.17) is 9.47 Å². The van der Waals surface area contributed by atoms with E-state index in [1.807, 2.05) is 18.3 Å². The number of pyridine rings is 1. The molecule has 5 nitrogen and oxygen atoms in total. The molecular weight excluding hydrogens is 326 g/mol. The molecule has 26 heavy (non-hydrogen) atoms. The van der Waals surface area contributed by atoms with Gasteiger partial charge < -0.3 is 14.5 Å². The van der Waals surface area contributed by atoms with Gasteiger partial charge in [0.1, 0.15) is 0 Å². The van der Waals surface area contributed by atoms with Gasteiger partial charge in [-0.3, -0.25) is 9.88 Å². The molecule has 1 aliphatic rings. The SMILES string of the molecule is COc1ccc(CN2CCC[C@@H](c3cc4ncccc4[nH]3)C2)cc1OC. The zero-order valence-electron chi connectivity index (χ0n) is 15.4. The van der Waals surface area contributed by atoms with Crippen LogP contribution in [-0.2, 0) is 6.54 Å². The lowest BCUT2D eigenvalue weighted by Gasteiger charge is -2.32. The lowest BCUT2D eigenvalue weighted by molar-refractivity contribution is 0.198. The number of aromatic amines is 1. The highest BCUT2D eigenvalue weighted by molar-refractivity contribution is 5.75. The molecule has 1 N–H and O–H groups in total. The van der Waals surface area contributed by atoms with Gasteiger partial charge in [0.25, 0.3) is 0 Å². The highest BCUT2D eigenvalue weighted by Crippen LogP contribution is 2.31. The molecular formula is C21H25N3O2. The molecule has 0 radical (unpaired) electrons. The Bertz CT molecular complexity index is 857. The summed E-state index contributed by atoms with van der Waals surface area (Å²) in [5.74, 6) is 2.09. The molecule has 0 saturated carbocycles. The van der Waals surface area contributed by atoms with E-state index in [0.717, 1.165) is 42.2 Å². The van der Waals surface area contributed by atoms with Gasteiger partial charge in [0.15, 0.2) is 11.5 Å². The molecule has 0 unspecified atom stereocenters. The first-order chi connectivity index (χ1) is 12.8. The van der Waals surface area contributed by atoms with Gasteiger partial charge in [-0.15, -0.1) is 0 Å². The fourth-order valence-corrected chi connectivity index (χ4v) is 3.89. The van der Waals surface area contributed by atoms with Gasteiger partial charge in [-0.05, 0) is 55.3 Å². The number of benzene rings is 1. The Morgan fingerprint density at radius 2 is 2.04 bits per heavy atom. The maximum absolute atomic E-state index is 5.43. The summed E-state index contributed by atoms with van der Waals surface area (Å²) < 4.78 is 10.8. The minimum Gasteiger partial charge on any atom is -0.493 e. The topological polar surface area (TPSA) is 50.4 Å². The smallest absolute Gasteiger partial charge is 0.161 e. The number of piperidine rings is 1. The number of fused-ring (bicyclic) bond motifs is 1. The van der Waals surface area contributed by atoms with Crippen LogP contribution < -0.4 is 9.47 Å². The number of rotatable bonds is 5. The molecule has 3 aromatic rings. The van der Waals surface area contributed by atoms with Gasteiger partial charge in [-0.25, -0.2) is 0 Å². The predicted octanol–water partition coefficient (Wildman–Crippen LogP) is 3.96. The van der Waals surface area contributed by atoms with Gasteiger partial charge in [-0.2, -0.15) is 0 Å². The first kappa shape index (κ1) is 16.9. The van der Waals surface area contributed by atoms with Gasteiger partial charge in [0.2, 0.25) is 0 Å². The number of hydrogen-bond donors (Lipinski definition) is 1. The average Bonchev–Trinajstić information content (AvgIpc) is 3.12. The number of H-pyrrole nitrogens is 1. The van der Waals surface area contributed by atoms with Crippen molar-refractivity contribution in [2.75, 3.05) is 27.3 Å². The summed E-state index contributed by atoms with van der Waals surface area (Å²) in [7, 11) is 3.35. The van der Waals surface area contributed by atoms with E-state index in [9.17, 15) is 0 Å². The second kappa shape index (κ2) is 7.38. The Kier molecular flexibility index (Phi) is 4.80. The minimum atomic E-state index is 0.526. The summed E-state index contributed by atoms with van der Waals surface area (Å²) >= 11 is 0. The monoisotopic (exact) mass is 351 g/mol. The second-order valence-electron chi connectivity index (χ2n) is 6.92. The number of aromatic nitrogens is 2. The summed E-state index contributed by atoms with van der Waals surface area (Å²) in [6.45, 7) is 3.11. The van der Waals surface area contributed by atoms with E-state index in [0.29, 0.717) is 5.92 Å². The van der Waals surface area contributed by atoms with Gasteiger partial charge in [0.05, 0.1) is 25.3 Å². The third kappa shape index (κ3) is 3.40. The zero-order valence-corrected chi connectivity index (χ0v) is 15.4. The molecule has 5 heteroatoms. The maximum Gasteiger partial charge on any atom is 0.161 e. The molecule has 3 heterocycles. The second-order valence-corrected chi connectivity index (χ2v) is 6.92. The van der Waals surface area contributed by atoms with Crippen molar-refractivity contribution in [3.63, 3.8) is 0 Å². The first-order valence-electron chi connectivity index (χ1n) is 9.13. The van der Waals surface area contributed by atoms with Crippen molar-refractivity contribution < 1.29 is 9.47 Å². The fraction of sp³-hybridized carbons (Fsp3) is 0.381. The third-order valence-electron chi connectivity index (χ3n) is 5.21. The van der Waals surface area contributed by atoms with E-state index in [1.54, 1.807) is 14.2 Å². The number of likely N-dealkylation sites (tertiary alicyclic amines) is 1. The van der Waals surface area contributed by atoms with Crippen LogP contribution in [-0.4, -0.2) is 42.2 Å². The molecule has 4 rings (SSSR count). The van der Waals surface area contributed by atoms with Crippen molar-refractivity contribution in [1.29, 1.82) is 0 Å². The van der Waals surface area contributed by atoms with Gasteiger partial charge in [0, 0.05) is 30.9 Å². The molecule has 2 aromatic heterocycles. The van der Waals surface area contributed by atoms with Crippen LogP contribution in [0, 0.1) is 0 Å². The Morgan fingerprint density at radius 1 is 1.15 bits per heavy atom. The Hall–Kier alpha value is -2.53. The minimum absolute atomic E-state index is 0.526. The molecule has 0 amide bonds. The number of hydrogen-bond acceptors (Lipinski definition) is 4. The molecule has 0 aliphatic carbocycles. The first-order valence-corrected chi connectivity index (χ1v) is 9.13. The summed E-state index contributed by atoms with van der Waals surface area (Å²) in [4.78, 5) is 10.5. The van der Waals surface area contributed by atoms with Crippen LogP contribution in [0.1, 0.15) is 30.0 Å². The standard InChI is InChI=1S/C21H25N3O2/c1-25-20-8-7-15(11-21(20)26-2)13-24-10-4-5-16(14-24)18-12-19-17(23-18)6-3-9-22-19/h3,6-9,11-12,16,23H,4-5,10,13-14H2,1-2H3/t16-/m1/s1. The Labute approximate surface area is 153 Å². The van der Waals surface area contributed by atoms with Crippen molar-refractivity contribution >= 4 is 11.0 Å². The average molecular weight is 351 g/mol. The van der Waals surface area contributed by atoms with Crippen LogP contribution in [0.15, 0.2) is 42.6 Å². The molecule has 0 bridgehead atoms. The van der Waals surface area contributed by atoms with Crippen LogP contribution in [0.25, 0.3) is 11.0 Å². The molecule has 0 spiro atoms. The molecule has 1 saturated heterocycles. The van der Waals surface area contributed by atoms with Crippen molar-refractivity contribution in [2.24, 2.45) is 0 Å². The molecule has 136 valence electrons. The number of ether oxygens (including phenoxy) is 2. The van der Waals surface area contributed by atoms with Gasteiger partial charge in [-0.1, -0.05) is 6.07 Å². The Balaban J connectivity index is 1.48. The largest absolute Gasteiger partial charge is 0.493 e. The Morgan fingerprint density at radius 3 is 2.85 bits per heavy atom. The number of nitrogens with one attached hydrogen (secondary N) is 1. The van der Waals surface area contributed by atoms with Crippen molar-refractivity contribution in [3.05, 3.63) is 53.9 Å². The van der Waals surface area contributed by atoms with E-state index < -0.39 is 0 Å². The van der Waals surface area contributed by atoms with Crippen LogP contribution in [0.3, 0.4) is 0 Å². The third-order valence-corrected chi connectivity index (χ3v) is 5.21. The van der Waals surface area contributed by atoms with Crippen molar-refractivity contribution in [1.82, 2.24) is 14.9 Å². The zero-order chi connectivity index (χ0) is 17.9. The van der Waals surface area contributed by atoms with Crippen molar-refractivity contribution in [2.45, 2.75) is 25.3 Å². The van der Waals surface area contributed by atoms with E-state index >= 15 is 0 Å². The molecule has 1 fully saturated rings. The van der Waals surface area contributed by atoms with Crippen LogP contribution >= 0.6 is 0 Å². The van der Waals surface area contributed by atoms with Crippen molar-refractivity contribution in [3.8, 4) is 11.5 Å². The van der Waals surface area contributed by atoms with E-state index in [1.165, 1.54) is 24.1 Å². The fourth-order valence-electron chi connectivity index (χ4n) is 3.89. The maximum atomic E-state index is 5.43. The molecule has 1 atom stereocenters. The summed E-state index contributed by atoms with van der Waals surface area (Å²) in [5.41, 5.74) is 4.73. The molecule has 1 aliphatic heterocycles. The number of methoxy groups -OCH3 is 2. The number of nitrogens with zero attached hydrogens (tertiary/aromatic N) is 2. The summed E-state index contributed by atoms with van der Waals surface area (Å²) in [5, 5.41) is 0. The highest BCUT2D eigenvalue weighted by atomic mass is 16.5. The van der Waals surface area contributed by atoms with E-state index in [-0.39, 0.29) is 0 Å². The lowest BCUT2D eigenvalue weighted by atomic mass is 9.94. The lowest BCUT2D eigenvalue weighted by Crippen LogP contribution is -2.34. The summed E-state index contributed by atoms with van der Waals surface area (Å²) in [6, 6.07) is 12.5. The van der Waals surface area contributed by atoms with E-state index in [2.05, 4.69) is 39.1 Å². The van der Waals surface area contributed by atoms with Gasteiger partial charge >= 0.3 is 0 Å². The predicted molar refractivity (Wildman–Crippen MR) is 103 cm³/mol. The highest BCUT2D eigenvalue weighted by Gasteiger charge is 2.23.